The highest BCUT2D eigenvalue weighted by molar-refractivity contribution is 5.94. The molecular formula is C30H28N6O. The monoisotopic (exact) mass is 488 g/mol. The molecule has 1 amide bonds. The maximum Gasteiger partial charge on any atom is 0.253 e. The summed E-state index contributed by atoms with van der Waals surface area (Å²) >= 11 is 0. The Bertz CT molecular complexity index is 1540. The molecule has 1 aliphatic rings. The van der Waals surface area contributed by atoms with Gasteiger partial charge >= 0.3 is 0 Å². The Morgan fingerprint density at radius 2 is 1.78 bits per heavy atom. The van der Waals surface area contributed by atoms with Gasteiger partial charge in [0, 0.05) is 48.7 Å². The molecule has 1 fully saturated rings. The van der Waals surface area contributed by atoms with E-state index in [1.54, 1.807) is 24.3 Å². The van der Waals surface area contributed by atoms with E-state index in [1.165, 1.54) is 0 Å². The van der Waals surface area contributed by atoms with Crippen LogP contribution in [0.4, 0.5) is 5.69 Å². The number of nitrogens with two attached hydrogens (primary N) is 1. The summed E-state index contributed by atoms with van der Waals surface area (Å²) in [7, 11) is 0. The Morgan fingerprint density at radius 1 is 0.973 bits per heavy atom. The first kappa shape index (κ1) is 22.9. The summed E-state index contributed by atoms with van der Waals surface area (Å²) < 4.78 is 1.90. The lowest BCUT2D eigenvalue weighted by Gasteiger charge is -2.32. The minimum atomic E-state index is 0.0539. The molecule has 0 bridgehead atoms. The van der Waals surface area contributed by atoms with Crippen LogP contribution in [0.3, 0.4) is 0 Å². The van der Waals surface area contributed by atoms with Gasteiger partial charge in [-0.15, -0.1) is 0 Å². The largest absolute Gasteiger partial charge is 0.399 e. The number of fused-ring (bicyclic) bond motifs is 1. The number of nitrogen functional groups attached to an aromatic ring is 1. The molecule has 7 heteroatoms. The number of likely N-dealkylation sites (tertiary alicyclic amines) is 1. The molecule has 37 heavy (non-hydrogen) atoms. The van der Waals surface area contributed by atoms with Crippen molar-refractivity contribution in [2.45, 2.75) is 19.3 Å². The molecular weight excluding hydrogens is 460 g/mol. The summed E-state index contributed by atoms with van der Waals surface area (Å²) in [5.74, 6) is 1.15. The second kappa shape index (κ2) is 9.85. The Kier molecular flexibility index (Phi) is 6.10. The number of piperidine rings is 1. The first-order valence-electron chi connectivity index (χ1n) is 12.7. The third kappa shape index (κ3) is 4.68. The highest BCUT2D eigenvalue weighted by atomic mass is 16.2. The van der Waals surface area contributed by atoms with Crippen LogP contribution in [0.1, 0.15) is 29.0 Å². The summed E-state index contributed by atoms with van der Waals surface area (Å²) in [5.41, 5.74) is 11.9. The molecule has 2 N–H and O–H groups in total. The fourth-order valence-electron chi connectivity index (χ4n) is 5.17. The fourth-order valence-corrected chi connectivity index (χ4v) is 5.17. The molecule has 0 unspecified atom stereocenters. The second-order valence-corrected chi connectivity index (χ2v) is 9.56. The number of rotatable bonds is 5. The maximum atomic E-state index is 13.1. The van der Waals surface area contributed by atoms with Gasteiger partial charge in [0.1, 0.15) is 11.5 Å². The second-order valence-electron chi connectivity index (χ2n) is 9.56. The van der Waals surface area contributed by atoms with Crippen LogP contribution in [0.15, 0.2) is 91.3 Å². The van der Waals surface area contributed by atoms with Crippen molar-refractivity contribution < 1.29 is 4.79 Å². The molecule has 1 atom stereocenters. The Balaban J connectivity index is 1.27. The number of anilines is 1. The average Bonchev–Trinajstić information content (AvgIpc) is 3.34. The molecule has 0 spiro atoms. The fraction of sp³-hybridized carbons (Fsp3) is 0.200. The molecule has 0 radical (unpaired) electrons. The van der Waals surface area contributed by atoms with Crippen LogP contribution in [0.25, 0.3) is 28.0 Å². The van der Waals surface area contributed by atoms with Crippen LogP contribution >= 0.6 is 0 Å². The molecule has 1 aliphatic heterocycles. The van der Waals surface area contributed by atoms with Gasteiger partial charge in [-0.2, -0.15) is 5.10 Å². The van der Waals surface area contributed by atoms with Crippen molar-refractivity contribution in [1.82, 2.24) is 24.5 Å². The molecule has 1 saturated heterocycles. The minimum Gasteiger partial charge on any atom is -0.399 e. The van der Waals surface area contributed by atoms with Crippen molar-refractivity contribution in [3.8, 4) is 22.5 Å². The van der Waals surface area contributed by atoms with E-state index in [2.05, 4.69) is 23.2 Å². The van der Waals surface area contributed by atoms with Crippen molar-refractivity contribution in [2.75, 3.05) is 18.8 Å². The predicted octanol–water partition coefficient (Wildman–Crippen LogP) is 5.14. The summed E-state index contributed by atoms with van der Waals surface area (Å²) in [4.78, 5) is 24.6. The number of pyridine rings is 1. The van der Waals surface area contributed by atoms with E-state index in [4.69, 9.17) is 15.8 Å². The Hall–Kier alpha value is -4.52. The van der Waals surface area contributed by atoms with Gasteiger partial charge in [-0.3, -0.25) is 4.79 Å². The van der Waals surface area contributed by atoms with Gasteiger partial charge in [-0.1, -0.05) is 36.4 Å². The van der Waals surface area contributed by atoms with Crippen LogP contribution in [0, 0.1) is 5.92 Å². The molecule has 6 rings (SSSR count). The zero-order chi connectivity index (χ0) is 25.2. The zero-order valence-electron chi connectivity index (χ0n) is 20.5. The van der Waals surface area contributed by atoms with E-state index in [0.717, 1.165) is 59.7 Å². The van der Waals surface area contributed by atoms with E-state index in [0.29, 0.717) is 23.7 Å². The van der Waals surface area contributed by atoms with Crippen LogP contribution in [-0.2, 0) is 6.42 Å². The molecule has 0 aliphatic carbocycles. The summed E-state index contributed by atoms with van der Waals surface area (Å²) in [5, 5.41) is 4.87. The lowest BCUT2D eigenvalue weighted by molar-refractivity contribution is 0.0672. The highest BCUT2D eigenvalue weighted by Gasteiger charge is 2.26. The van der Waals surface area contributed by atoms with Gasteiger partial charge < -0.3 is 10.6 Å². The lowest BCUT2D eigenvalue weighted by atomic mass is 9.93. The van der Waals surface area contributed by atoms with Crippen molar-refractivity contribution in [2.24, 2.45) is 5.92 Å². The van der Waals surface area contributed by atoms with Gasteiger partial charge in [-0.05, 0) is 61.2 Å². The summed E-state index contributed by atoms with van der Waals surface area (Å²) in [6, 6.07) is 25.4. The molecule has 0 saturated carbocycles. The maximum absolute atomic E-state index is 13.1. The number of carbonyl (C=O) groups is 1. The number of aromatic nitrogens is 4. The highest BCUT2D eigenvalue weighted by Crippen LogP contribution is 2.34. The minimum absolute atomic E-state index is 0.0539. The SMILES string of the molecule is Nc1ccc(C(=O)N2CCC[C@H](Cc3nccc(-c4c(-c5ccccc5)nn5ccccc45)n3)C2)cc1. The van der Waals surface area contributed by atoms with Gasteiger partial charge in [0.15, 0.2) is 0 Å². The van der Waals surface area contributed by atoms with Crippen LogP contribution in [0.2, 0.25) is 0 Å². The molecule has 3 aromatic heterocycles. The third-order valence-corrected chi connectivity index (χ3v) is 6.98. The Labute approximate surface area is 215 Å². The predicted molar refractivity (Wildman–Crippen MR) is 145 cm³/mol. The van der Waals surface area contributed by atoms with Gasteiger partial charge in [0.2, 0.25) is 0 Å². The Morgan fingerprint density at radius 3 is 2.62 bits per heavy atom. The molecule has 4 heterocycles. The number of amides is 1. The first-order chi connectivity index (χ1) is 18.2. The number of carbonyl (C=O) groups excluding carboxylic acids is 1. The van der Waals surface area contributed by atoms with Gasteiger partial charge in [0.25, 0.3) is 5.91 Å². The number of hydrogen-bond acceptors (Lipinski definition) is 5. The van der Waals surface area contributed by atoms with Gasteiger partial charge in [0.05, 0.1) is 16.8 Å². The first-order valence-corrected chi connectivity index (χ1v) is 12.7. The van der Waals surface area contributed by atoms with Crippen LogP contribution in [0.5, 0.6) is 0 Å². The van der Waals surface area contributed by atoms with Crippen molar-refractivity contribution in [3.63, 3.8) is 0 Å². The zero-order valence-corrected chi connectivity index (χ0v) is 20.5. The standard InChI is InChI=1S/C30H28N6O/c31-24-13-11-23(12-14-24)30(37)35-17-6-7-21(20-35)19-27-32-16-15-25(33-27)28-26-10-4-5-18-36(26)34-29(28)22-8-2-1-3-9-22/h1-5,8-16,18,21H,6-7,17,19-20,31H2/t21-/m1/s1. The summed E-state index contributed by atoms with van der Waals surface area (Å²) in [6.45, 7) is 1.46. The summed E-state index contributed by atoms with van der Waals surface area (Å²) in [6.07, 6.45) is 6.53. The van der Waals surface area contributed by atoms with Crippen molar-refractivity contribution >= 4 is 17.1 Å². The molecule has 2 aromatic carbocycles. The molecule has 7 nitrogen and oxygen atoms in total. The van der Waals surface area contributed by atoms with E-state index in [-0.39, 0.29) is 5.91 Å². The quantitative estimate of drug-likeness (QED) is 0.346. The van der Waals surface area contributed by atoms with E-state index in [9.17, 15) is 4.79 Å². The third-order valence-electron chi connectivity index (χ3n) is 6.98. The van der Waals surface area contributed by atoms with E-state index in [1.807, 2.05) is 58.2 Å². The number of hydrogen-bond donors (Lipinski definition) is 1. The normalized spacial score (nSPS) is 15.7. The smallest absolute Gasteiger partial charge is 0.253 e. The molecule has 184 valence electrons. The average molecular weight is 489 g/mol. The van der Waals surface area contributed by atoms with E-state index < -0.39 is 0 Å². The number of benzene rings is 2. The lowest BCUT2D eigenvalue weighted by Crippen LogP contribution is -2.40. The van der Waals surface area contributed by atoms with E-state index >= 15 is 0 Å². The topological polar surface area (TPSA) is 89.4 Å². The molecule has 5 aromatic rings. The van der Waals surface area contributed by atoms with Crippen LogP contribution in [-0.4, -0.2) is 43.5 Å². The van der Waals surface area contributed by atoms with Crippen molar-refractivity contribution in [1.29, 1.82) is 0 Å². The number of nitrogens with zero attached hydrogens (tertiary/aromatic N) is 5. The van der Waals surface area contributed by atoms with Crippen molar-refractivity contribution in [3.05, 3.63) is 103 Å². The van der Waals surface area contributed by atoms with Crippen LogP contribution < -0.4 is 5.73 Å². The van der Waals surface area contributed by atoms with Gasteiger partial charge in [-0.25, -0.2) is 14.5 Å².